The molecule has 0 saturated carbocycles. The average molecular weight is 584 g/mol. The molecule has 202 valence electrons. The molecular weight excluding hydrogens is 563 g/mol. The SMILES string of the molecule is C.O=Cc1cc2ccc(F)cc2nc1-c1ccccc1Cl.[C-]#[N+]c1cc2ccc(F)cc2nc1-c1ccccc1Cl. The highest BCUT2D eigenvalue weighted by Gasteiger charge is 2.13. The molecule has 2 heterocycles. The van der Waals surface area contributed by atoms with Gasteiger partial charge in [0.25, 0.3) is 0 Å². The highest BCUT2D eigenvalue weighted by Crippen LogP contribution is 2.36. The predicted octanol–water partition coefficient (Wildman–Crippen LogP) is 10.4. The molecule has 0 aliphatic rings. The van der Waals surface area contributed by atoms with Gasteiger partial charge in [-0.3, -0.25) is 9.78 Å². The Kier molecular flexibility index (Phi) is 9.04. The van der Waals surface area contributed by atoms with E-state index in [9.17, 15) is 13.6 Å². The van der Waals surface area contributed by atoms with E-state index in [0.29, 0.717) is 60.2 Å². The van der Waals surface area contributed by atoms with Crippen molar-refractivity contribution >= 4 is 57.0 Å². The van der Waals surface area contributed by atoms with Crippen LogP contribution in [0.15, 0.2) is 97.1 Å². The number of nitrogens with zero attached hydrogens (tertiary/aromatic N) is 3. The number of fused-ring (bicyclic) bond motifs is 2. The second-order valence-corrected chi connectivity index (χ2v) is 9.46. The summed E-state index contributed by atoms with van der Waals surface area (Å²) in [6, 6.07) is 26.3. The molecule has 0 fully saturated rings. The maximum Gasteiger partial charge on any atom is 0.213 e. The topological polar surface area (TPSA) is 47.2 Å². The van der Waals surface area contributed by atoms with Crippen LogP contribution < -0.4 is 0 Å². The van der Waals surface area contributed by atoms with Crippen LogP contribution in [0.1, 0.15) is 17.8 Å². The van der Waals surface area contributed by atoms with Crippen molar-refractivity contribution in [3.05, 3.63) is 136 Å². The lowest BCUT2D eigenvalue weighted by Crippen LogP contribution is -1.94. The van der Waals surface area contributed by atoms with Gasteiger partial charge < -0.3 is 0 Å². The van der Waals surface area contributed by atoms with Gasteiger partial charge in [-0.1, -0.05) is 73.1 Å². The molecule has 0 spiro atoms. The second-order valence-electron chi connectivity index (χ2n) is 8.65. The van der Waals surface area contributed by atoms with Crippen molar-refractivity contribution in [2.75, 3.05) is 0 Å². The van der Waals surface area contributed by atoms with Gasteiger partial charge in [0.1, 0.15) is 11.6 Å². The minimum absolute atomic E-state index is 0. The predicted molar refractivity (Wildman–Crippen MR) is 163 cm³/mol. The van der Waals surface area contributed by atoms with Crippen LogP contribution in [0.25, 0.3) is 49.2 Å². The molecule has 4 nitrogen and oxygen atoms in total. The van der Waals surface area contributed by atoms with Gasteiger partial charge in [0.15, 0.2) is 6.29 Å². The molecule has 41 heavy (non-hydrogen) atoms. The summed E-state index contributed by atoms with van der Waals surface area (Å²) in [6.45, 7) is 7.29. The van der Waals surface area contributed by atoms with Gasteiger partial charge in [0, 0.05) is 38.2 Å². The van der Waals surface area contributed by atoms with Crippen LogP contribution in [0.2, 0.25) is 10.0 Å². The average Bonchev–Trinajstić information content (AvgIpc) is 2.96. The Morgan fingerprint density at radius 2 is 1.17 bits per heavy atom. The molecule has 0 aliphatic carbocycles. The summed E-state index contributed by atoms with van der Waals surface area (Å²) in [5.74, 6) is -0.723. The molecule has 4 aromatic carbocycles. The van der Waals surface area contributed by atoms with Crippen LogP contribution in [0.3, 0.4) is 0 Å². The number of hydrogen-bond acceptors (Lipinski definition) is 3. The van der Waals surface area contributed by atoms with Crippen LogP contribution in [0, 0.1) is 18.2 Å². The van der Waals surface area contributed by atoms with E-state index >= 15 is 0 Å². The molecule has 0 saturated heterocycles. The smallest absolute Gasteiger partial charge is 0.213 e. The lowest BCUT2D eigenvalue weighted by molar-refractivity contribution is 0.112. The zero-order valence-electron chi connectivity index (χ0n) is 20.6. The maximum atomic E-state index is 13.3. The molecule has 0 amide bonds. The quantitative estimate of drug-likeness (QED) is 0.154. The molecule has 8 heteroatoms. The Morgan fingerprint density at radius 3 is 1.68 bits per heavy atom. The van der Waals surface area contributed by atoms with E-state index in [-0.39, 0.29) is 19.1 Å². The number of aromatic nitrogens is 2. The largest absolute Gasteiger partial charge is 0.298 e. The fourth-order valence-corrected chi connectivity index (χ4v) is 4.63. The summed E-state index contributed by atoms with van der Waals surface area (Å²) in [5.41, 5.74) is 4.09. The fourth-order valence-electron chi connectivity index (χ4n) is 4.18. The third kappa shape index (κ3) is 6.22. The zero-order valence-corrected chi connectivity index (χ0v) is 22.1. The Hall–Kier alpha value is -4.70. The van der Waals surface area contributed by atoms with Gasteiger partial charge in [0.05, 0.1) is 29.0 Å². The maximum absolute atomic E-state index is 13.3. The van der Waals surface area contributed by atoms with Crippen molar-refractivity contribution in [1.29, 1.82) is 0 Å². The van der Waals surface area contributed by atoms with Crippen molar-refractivity contribution < 1.29 is 13.6 Å². The lowest BCUT2D eigenvalue weighted by Gasteiger charge is -2.08. The van der Waals surface area contributed by atoms with E-state index in [1.807, 2.05) is 18.2 Å². The first-order valence-electron chi connectivity index (χ1n) is 11.9. The monoisotopic (exact) mass is 583 g/mol. The summed E-state index contributed by atoms with van der Waals surface area (Å²) in [6.07, 6.45) is 0.731. The van der Waals surface area contributed by atoms with Gasteiger partial charge in [-0.05, 0) is 53.9 Å². The van der Waals surface area contributed by atoms with Crippen molar-refractivity contribution in [3.63, 3.8) is 0 Å². The number of pyridine rings is 2. The van der Waals surface area contributed by atoms with E-state index < -0.39 is 0 Å². The van der Waals surface area contributed by atoms with Gasteiger partial charge >= 0.3 is 0 Å². The van der Waals surface area contributed by atoms with Crippen molar-refractivity contribution in [3.8, 4) is 22.5 Å². The van der Waals surface area contributed by atoms with Crippen LogP contribution in [0.5, 0.6) is 0 Å². The Labute approximate surface area is 245 Å². The highest BCUT2D eigenvalue weighted by molar-refractivity contribution is 6.33. The number of rotatable bonds is 3. The minimum atomic E-state index is -0.367. The summed E-state index contributed by atoms with van der Waals surface area (Å²) in [7, 11) is 0. The van der Waals surface area contributed by atoms with E-state index in [1.54, 1.807) is 54.6 Å². The molecule has 0 N–H and O–H groups in total. The summed E-state index contributed by atoms with van der Waals surface area (Å²) in [5, 5.41) is 2.46. The standard InChI is InChI=1S/C16H8ClFN2.C16H9ClFNO.CH4/c1-19-15-8-10-6-7-11(18)9-14(10)20-16(15)12-4-2-3-5-13(12)17;17-14-4-2-1-3-13(14)16-11(9-20)7-10-5-6-12(18)8-15(10)19-16;/h2-9H;1-9H;1H4. The number of aldehydes is 1. The van der Waals surface area contributed by atoms with Crippen LogP contribution in [-0.2, 0) is 0 Å². The number of benzene rings is 4. The van der Waals surface area contributed by atoms with Gasteiger partial charge in [0.2, 0.25) is 5.69 Å². The van der Waals surface area contributed by atoms with Crippen LogP contribution >= 0.6 is 23.2 Å². The molecule has 6 aromatic rings. The molecule has 0 radical (unpaired) electrons. The Balaban J connectivity index is 0.000000184. The first-order valence-corrected chi connectivity index (χ1v) is 12.7. The van der Waals surface area contributed by atoms with E-state index in [1.165, 1.54) is 24.3 Å². The molecule has 0 aliphatic heterocycles. The first-order chi connectivity index (χ1) is 19.4. The van der Waals surface area contributed by atoms with Crippen molar-refractivity contribution in [2.24, 2.45) is 0 Å². The minimum Gasteiger partial charge on any atom is -0.298 e. The number of carbonyl (C=O) groups is 1. The summed E-state index contributed by atoms with van der Waals surface area (Å²) in [4.78, 5) is 23.5. The zero-order chi connectivity index (χ0) is 28.2. The number of halogens is 4. The molecule has 0 bridgehead atoms. The van der Waals surface area contributed by atoms with Crippen LogP contribution in [0.4, 0.5) is 14.5 Å². The number of carbonyl (C=O) groups excluding carboxylic acids is 1. The molecular formula is C33H21Cl2F2N3O. The van der Waals surface area contributed by atoms with Gasteiger partial charge in [-0.2, -0.15) is 0 Å². The van der Waals surface area contributed by atoms with Crippen LogP contribution in [-0.4, -0.2) is 16.3 Å². The third-order valence-electron chi connectivity index (χ3n) is 6.07. The van der Waals surface area contributed by atoms with Gasteiger partial charge in [-0.25, -0.2) is 18.6 Å². The molecule has 0 unspecified atom stereocenters. The van der Waals surface area contributed by atoms with E-state index in [4.69, 9.17) is 29.8 Å². The molecule has 2 aromatic heterocycles. The van der Waals surface area contributed by atoms with Gasteiger partial charge in [-0.15, -0.1) is 0 Å². The van der Waals surface area contributed by atoms with E-state index in [0.717, 1.165) is 11.7 Å². The summed E-state index contributed by atoms with van der Waals surface area (Å²) >= 11 is 12.3. The van der Waals surface area contributed by atoms with E-state index in [2.05, 4.69) is 14.8 Å². The molecule has 6 rings (SSSR count). The Bertz CT molecular complexity index is 1950. The normalized spacial score (nSPS) is 10.3. The highest BCUT2D eigenvalue weighted by atomic mass is 35.5. The second kappa shape index (κ2) is 12.6. The Morgan fingerprint density at radius 1 is 0.683 bits per heavy atom. The van der Waals surface area contributed by atoms with Crippen molar-refractivity contribution in [2.45, 2.75) is 7.43 Å². The fraction of sp³-hybridized carbons (Fsp3) is 0.0303. The molecule has 0 atom stereocenters. The number of hydrogen-bond donors (Lipinski definition) is 0. The summed E-state index contributed by atoms with van der Waals surface area (Å²) < 4.78 is 26.6. The van der Waals surface area contributed by atoms with Crippen molar-refractivity contribution in [1.82, 2.24) is 9.97 Å². The third-order valence-corrected chi connectivity index (χ3v) is 6.73. The first kappa shape index (κ1) is 29.3. The lowest BCUT2D eigenvalue weighted by atomic mass is 10.0.